The second kappa shape index (κ2) is 6.06. The lowest BCUT2D eigenvalue weighted by Crippen LogP contribution is -2.16. The molecule has 2 aromatic rings. The van der Waals surface area contributed by atoms with Crippen LogP contribution in [0.15, 0.2) is 32.5 Å². The first kappa shape index (κ1) is 14.5. The minimum atomic E-state index is 0.163. The van der Waals surface area contributed by atoms with Gasteiger partial charge in [0.2, 0.25) is 0 Å². The average Bonchev–Trinajstić information content (AvgIpc) is 2.65. The summed E-state index contributed by atoms with van der Waals surface area (Å²) in [7, 11) is 1.96. The van der Waals surface area contributed by atoms with Gasteiger partial charge in [-0.3, -0.25) is 0 Å². The summed E-state index contributed by atoms with van der Waals surface area (Å²) in [6, 6.07) is 8.58. The molecule has 0 bridgehead atoms. The van der Waals surface area contributed by atoms with Crippen LogP contribution in [0.5, 0.6) is 0 Å². The van der Waals surface area contributed by atoms with Crippen LogP contribution in [0.25, 0.3) is 0 Å². The van der Waals surface area contributed by atoms with Crippen molar-refractivity contribution in [2.75, 3.05) is 7.05 Å². The Kier molecular flexibility index (Phi) is 4.89. The van der Waals surface area contributed by atoms with Crippen molar-refractivity contribution < 1.29 is 0 Å². The van der Waals surface area contributed by atoms with E-state index in [9.17, 15) is 0 Å². The van der Waals surface area contributed by atoms with Crippen molar-refractivity contribution in [3.05, 3.63) is 53.6 Å². The summed E-state index contributed by atoms with van der Waals surface area (Å²) in [6.45, 7) is 2.08. The minimum Gasteiger partial charge on any atom is -0.309 e. The Bertz CT molecular complexity index is 549. The van der Waals surface area contributed by atoms with E-state index in [0.29, 0.717) is 0 Å². The van der Waals surface area contributed by atoms with Crippen LogP contribution in [-0.2, 0) is 0 Å². The summed E-state index contributed by atoms with van der Waals surface area (Å²) in [4.78, 5) is 1.20. The molecule has 96 valence electrons. The molecule has 0 aliphatic heterocycles. The zero-order chi connectivity index (χ0) is 13.3. The van der Waals surface area contributed by atoms with Crippen molar-refractivity contribution in [2.45, 2.75) is 13.0 Å². The lowest BCUT2D eigenvalue weighted by molar-refractivity contribution is 0.703. The number of rotatable bonds is 3. The first-order chi connectivity index (χ1) is 8.52. The Balaban J connectivity index is 2.41. The highest BCUT2D eigenvalue weighted by molar-refractivity contribution is 9.11. The summed E-state index contributed by atoms with van der Waals surface area (Å²) in [5, 5.41) is 4.10. The summed E-state index contributed by atoms with van der Waals surface area (Å²) in [6.07, 6.45) is 0. The summed E-state index contributed by atoms with van der Waals surface area (Å²) in [5.41, 5.74) is 2.46. The van der Waals surface area contributed by atoms with E-state index in [2.05, 4.69) is 62.3 Å². The van der Waals surface area contributed by atoms with Gasteiger partial charge in [-0.05, 0) is 53.2 Å². The van der Waals surface area contributed by atoms with Crippen molar-refractivity contribution in [3.8, 4) is 0 Å². The van der Waals surface area contributed by atoms with Gasteiger partial charge in [0.05, 0.1) is 14.9 Å². The highest BCUT2D eigenvalue weighted by Crippen LogP contribution is 2.37. The van der Waals surface area contributed by atoms with Crippen molar-refractivity contribution in [2.24, 2.45) is 0 Å². The molecule has 0 aliphatic rings. The smallest absolute Gasteiger partial charge is 0.0888 e. The van der Waals surface area contributed by atoms with E-state index in [1.165, 1.54) is 16.0 Å². The van der Waals surface area contributed by atoms with Gasteiger partial charge in [0, 0.05) is 9.35 Å². The lowest BCUT2D eigenvalue weighted by Gasteiger charge is -2.16. The first-order valence-corrected chi connectivity index (χ1v) is 8.19. The highest BCUT2D eigenvalue weighted by Gasteiger charge is 2.16. The van der Waals surface area contributed by atoms with Gasteiger partial charge in [-0.2, -0.15) is 0 Å². The number of nitrogens with one attached hydrogen (secondary N) is 1. The molecule has 1 N–H and O–H groups in total. The van der Waals surface area contributed by atoms with Crippen LogP contribution in [0.2, 0.25) is 5.02 Å². The number of benzene rings is 1. The van der Waals surface area contributed by atoms with E-state index in [0.717, 1.165) is 13.3 Å². The van der Waals surface area contributed by atoms with Crippen LogP contribution in [0.1, 0.15) is 22.0 Å². The Morgan fingerprint density at radius 1 is 1.28 bits per heavy atom. The fraction of sp³-hybridized carbons (Fsp3) is 0.231. The van der Waals surface area contributed by atoms with E-state index in [1.807, 2.05) is 13.1 Å². The fourth-order valence-electron chi connectivity index (χ4n) is 1.77. The van der Waals surface area contributed by atoms with Crippen LogP contribution in [0, 0.1) is 6.92 Å². The zero-order valence-electron chi connectivity index (χ0n) is 9.93. The lowest BCUT2D eigenvalue weighted by atomic mass is 10.0. The van der Waals surface area contributed by atoms with Gasteiger partial charge in [0.15, 0.2) is 0 Å². The van der Waals surface area contributed by atoms with Crippen LogP contribution in [0.3, 0.4) is 0 Å². The molecule has 18 heavy (non-hydrogen) atoms. The van der Waals surface area contributed by atoms with E-state index < -0.39 is 0 Å². The SMILES string of the molecule is CNC(c1ccc(C)c(Br)c1)c1cc(Cl)c(Br)s1. The largest absolute Gasteiger partial charge is 0.309 e. The predicted octanol–water partition coefficient (Wildman–Crippen LogP) is 5.54. The molecule has 1 nitrogen and oxygen atoms in total. The van der Waals surface area contributed by atoms with Gasteiger partial charge >= 0.3 is 0 Å². The van der Waals surface area contributed by atoms with Crippen molar-refractivity contribution >= 4 is 54.8 Å². The second-order valence-electron chi connectivity index (χ2n) is 4.00. The zero-order valence-corrected chi connectivity index (χ0v) is 14.7. The van der Waals surface area contributed by atoms with Crippen molar-refractivity contribution in [1.29, 1.82) is 0 Å². The van der Waals surface area contributed by atoms with Crippen molar-refractivity contribution in [3.63, 3.8) is 0 Å². The molecule has 0 saturated heterocycles. The Morgan fingerprint density at radius 2 is 2.00 bits per heavy atom. The van der Waals surface area contributed by atoms with Crippen LogP contribution in [0.4, 0.5) is 0 Å². The minimum absolute atomic E-state index is 0.163. The van der Waals surface area contributed by atoms with Crippen LogP contribution < -0.4 is 5.32 Å². The van der Waals surface area contributed by atoms with Crippen molar-refractivity contribution in [1.82, 2.24) is 5.32 Å². The quantitative estimate of drug-likeness (QED) is 0.701. The van der Waals surface area contributed by atoms with E-state index in [-0.39, 0.29) is 6.04 Å². The molecule has 1 atom stereocenters. The maximum absolute atomic E-state index is 6.10. The molecular formula is C13H12Br2ClNS. The molecule has 0 saturated carbocycles. The van der Waals surface area contributed by atoms with E-state index in [4.69, 9.17) is 11.6 Å². The third kappa shape index (κ3) is 2.99. The molecule has 0 radical (unpaired) electrons. The molecule has 0 aliphatic carbocycles. The van der Waals surface area contributed by atoms with Gasteiger partial charge in [0.1, 0.15) is 0 Å². The molecule has 1 aromatic heterocycles. The number of hydrogen-bond acceptors (Lipinski definition) is 2. The third-order valence-corrected chi connectivity index (χ3v) is 6.16. The molecular weight excluding hydrogens is 397 g/mol. The van der Waals surface area contributed by atoms with E-state index in [1.54, 1.807) is 11.3 Å². The maximum atomic E-state index is 6.10. The van der Waals surface area contributed by atoms with Crippen LogP contribution >= 0.6 is 54.8 Å². The summed E-state index contributed by atoms with van der Waals surface area (Å²) >= 11 is 14.8. The first-order valence-electron chi connectivity index (χ1n) is 5.41. The summed E-state index contributed by atoms with van der Waals surface area (Å²) < 4.78 is 2.10. The molecule has 5 heteroatoms. The molecule has 0 spiro atoms. The number of thiophene rings is 1. The highest BCUT2D eigenvalue weighted by atomic mass is 79.9. The molecule has 2 rings (SSSR count). The second-order valence-corrected chi connectivity index (χ2v) is 7.66. The van der Waals surface area contributed by atoms with Crippen LogP contribution in [-0.4, -0.2) is 7.05 Å². The Labute approximate surface area is 133 Å². The monoisotopic (exact) mass is 407 g/mol. The molecule has 0 amide bonds. The fourth-order valence-corrected chi connectivity index (χ4v) is 4.05. The number of halogens is 3. The van der Waals surface area contributed by atoms with Gasteiger partial charge in [-0.15, -0.1) is 11.3 Å². The van der Waals surface area contributed by atoms with E-state index >= 15 is 0 Å². The number of hydrogen-bond donors (Lipinski definition) is 1. The molecule has 1 unspecified atom stereocenters. The third-order valence-electron chi connectivity index (χ3n) is 2.77. The summed E-state index contributed by atoms with van der Waals surface area (Å²) in [5.74, 6) is 0. The standard InChI is InChI=1S/C13H12Br2ClNS/c1-7-3-4-8(5-9(7)14)12(17-2)11-6-10(16)13(15)18-11/h3-6,12,17H,1-2H3. The topological polar surface area (TPSA) is 12.0 Å². The maximum Gasteiger partial charge on any atom is 0.0888 e. The Morgan fingerprint density at radius 3 is 2.50 bits per heavy atom. The predicted molar refractivity (Wildman–Crippen MR) is 86.8 cm³/mol. The molecule has 1 heterocycles. The number of aryl methyl sites for hydroxylation is 1. The van der Waals surface area contributed by atoms with Gasteiger partial charge < -0.3 is 5.32 Å². The molecule has 1 aromatic carbocycles. The average molecular weight is 410 g/mol. The Hall–Kier alpha value is 0.130. The van der Waals surface area contributed by atoms with Gasteiger partial charge in [-0.25, -0.2) is 0 Å². The normalized spacial score (nSPS) is 12.7. The van der Waals surface area contributed by atoms with Gasteiger partial charge in [-0.1, -0.05) is 39.7 Å². The molecule has 0 fully saturated rings. The van der Waals surface area contributed by atoms with Gasteiger partial charge in [0.25, 0.3) is 0 Å².